The van der Waals surface area contributed by atoms with E-state index in [-0.39, 0.29) is 19.8 Å². The van der Waals surface area contributed by atoms with Crippen LogP contribution < -0.4 is 0 Å². The molecular weight excluding hydrogens is 260 g/mol. The van der Waals surface area contributed by atoms with E-state index < -0.39 is 23.5 Å². The average molecular weight is 278 g/mol. The van der Waals surface area contributed by atoms with Crippen LogP contribution in [0, 0.1) is 5.92 Å². The topological polar surface area (TPSA) is 69.7 Å². The highest BCUT2D eigenvalue weighted by Crippen LogP contribution is 2.04. The number of carbonyl (C=O) groups excluding carboxylic acids is 3. The molecule has 0 saturated heterocycles. The molecule has 1 unspecified atom stereocenters. The van der Waals surface area contributed by atoms with Gasteiger partial charge in [0.15, 0.2) is 5.78 Å². The summed E-state index contributed by atoms with van der Waals surface area (Å²) in [6, 6.07) is 9.37. The Kier molecular flexibility index (Phi) is 6.59. The highest BCUT2D eigenvalue weighted by atomic mass is 16.5. The zero-order valence-corrected chi connectivity index (χ0v) is 11.6. The molecule has 0 aliphatic carbocycles. The van der Waals surface area contributed by atoms with Crippen molar-refractivity contribution in [2.45, 2.75) is 20.5 Å². The van der Waals surface area contributed by atoms with Gasteiger partial charge in [0.1, 0.15) is 6.61 Å². The fraction of sp³-hybridized carbons (Fsp3) is 0.400. The van der Waals surface area contributed by atoms with Crippen LogP contribution in [0.3, 0.4) is 0 Å². The van der Waals surface area contributed by atoms with Crippen molar-refractivity contribution in [3.63, 3.8) is 0 Å². The van der Waals surface area contributed by atoms with Gasteiger partial charge in [-0.3, -0.25) is 9.59 Å². The minimum atomic E-state index is -1.04. The molecule has 0 amide bonds. The van der Waals surface area contributed by atoms with Crippen molar-refractivity contribution in [2.24, 2.45) is 5.92 Å². The minimum Gasteiger partial charge on any atom is -0.460 e. The summed E-state index contributed by atoms with van der Waals surface area (Å²) in [4.78, 5) is 34.5. The Bertz CT molecular complexity index is 466. The van der Waals surface area contributed by atoms with Gasteiger partial charge >= 0.3 is 5.97 Å². The number of benzene rings is 1. The molecule has 1 atom stereocenters. The average Bonchev–Trinajstić information content (AvgIpc) is 2.47. The first-order valence-corrected chi connectivity index (χ1v) is 6.41. The maximum absolute atomic E-state index is 11.7. The maximum atomic E-state index is 11.7. The van der Waals surface area contributed by atoms with Crippen molar-refractivity contribution >= 4 is 17.5 Å². The second-order valence-electron chi connectivity index (χ2n) is 4.25. The normalized spacial score (nSPS) is 11.7. The van der Waals surface area contributed by atoms with E-state index in [1.165, 1.54) is 6.92 Å². The zero-order chi connectivity index (χ0) is 15.0. The molecule has 0 bridgehead atoms. The molecular formula is C15H18O5. The smallest absolute Gasteiger partial charge is 0.375 e. The lowest BCUT2D eigenvalue weighted by Gasteiger charge is -2.09. The lowest BCUT2D eigenvalue weighted by molar-refractivity contribution is -0.157. The van der Waals surface area contributed by atoms with Crippen LogP contribution in [0.4, 0.5) is 0 Å². The molecule has 0 aliphatic heterocycles. The maximum Gasteiger partial charge on any atom is 0.375 e. The molecule has 0 N–H and O–H groups in total. The van der Waals surface area contributed by atoms with Crippen LogP contribution in [0.25, 0.3) is 0 Å². The Morgan fingerprint density at radius 3 is 2.40 bits per heavy atom. The Morgan fingerprint density at radius 1 is 1.15 bits per heavy atom. The number of ether oxygens (including phenoxy) is 2. The number of rotatable bonds is 8. The Balaban J connectivity index is 2.38. The molecule has 0 heterocycles. The van der Waals surface area contributed by atoms with Gasteiger partial charge in [0, 0.05) is 0 Å². The zero-order valence-electron chi connectivity index (χ0n) is 11.6. The van der Waals surface area contributed by atoms with Crippen molar-refractivity contribution in [2.75, 3.05) is 13.2 Å². The summed E-state index contributed by atoms with van der Waals surface area (Å²) >= 11 is 0. The number of hydrogen-bond donors (Lipinski definition) is 0. The predicted molar refractivity (Wildman–Crippen MR) is 71.9 cm³/mol. The van der Waals surface area contributed by atoms with E-state index in [0.717, 1.165) is 5.56 Å². The Labute approximate surface area is 117 Å². The summed E-state index contributed by atoms with van der Waals surface area (Å²) in [6.45, 7) is 3.16. The molecule has 1 aromatic rings. The Morgan fingerprint density at radius 2 is 1.80 bits per heavy atom. The molecule has 0 radical (unpaired) electrons. The predicted octanol–water partition coefficient (Wildman–Crippen LogP) is 1.54. The first-order valence-electron chi connectivity index (χ1n) is 6.41. The first-order chi connectivity index (χ1) is 9.56. The SMILES string of the molecule is CCOC(=O)C(=O)C(C)C(=O)COCc1ccccc1. The highest BCUT2D eigenvalue weighted by Gasteiger charge is 2.28. The number of carbonyl (C=O) groups is 3. The van der Waals surface area contributed by atoms with Gasteiger partial charge in [-0.25, -0.2) is 4.79 Å². The van der Waals surface area contributed by atoms with Gasteiger partial charge < -0.3 is 9.47 Å². The van der Waals surface area contributed by atoms with E-state index in [1.807, 2.05) is 30.3 Å². The summed E-state index contributed by atoms with van der Waals surface area (Å²) in [5.74, 6) is -3.28. The number of esters is 1. The van der Waals surface area contributed by atoms with Crippen LogP contribution in [0.2, 0.25) is 0 Å². The van der Waals surface area contributed by atoms with E-state index in [4.69, 9.17) is 4.74 Å². The van der Waals surface area contributed by atoms with Gasteiger partial charge in [0.05, 0.1) is 19.1 Å². The first kappa shape index (κ1) is 16.0. The quantitative estimate of drug-likeness (QED) is 0.410. The third kappa shape index (κ3) is 4.93. The molecule has 20 heavy (non-hydrogen) atoms. The van der Waals surface area contributed by atoms with Crippen molar-refractivity contribution in [1.29, 1.82) is 0 Å². The summed E-state index contributed by atoms with van der Waals surface area (Å²) in [7, 11) is 0. The van der Waals surface area contributed by atoms with Gasteiger partial charge in [0.25, 0.3) is 0 Å². The molecule has 0 spiro atoms. The van der Waals surface area contributed by atoms with E-state index in [1.54, 1.807) is 6.92 Å². The van der Waals surface area contributed by atoms with Crippen LogP contribution in [0.1, 0.15) is 19.4 Å². The molecule has 0 saturated carbocycles. The van der Waals surface area contributed by atoms with E-state index in [9.17, 15) is 14.4 Å². The Hall–Kier alpha value is -2.01. The molecule has 0 fully saturated rings. The van der Waals surface area contributed by atoms with Gasteiger partial charge in [-0.05, 0) is 19.4 Å². The van der Waals surface area contributed by atoms with Gasteiger partial charge in [-0.1, -0.05) is 30.3 Å². The molecule has 0 aromatic heterocycles. The summed E-state index contributed by atoms with van der Waals surface area (Å²) in [5, 5.41) is 0. The molecule has 1 aromatic carbocycles. The molecule has 5 heteroatoms. The number of Topliss-reactive ketones (excluding diaryl/α,β-unsaturated/α-hetero) is 2. The fourth-order valence-corrected chi connectivity index (χ4v) is 1.49. The summed E-state index contributed by atoms with van der Waals surface area (Å²) < 4.78 is 9.81. The third-order valence-electron chi connectivity index (χ3n) is 2.71. The number of hydrogen-bond acceptors (Lipinski definition) is 5. The fourth-order valence-electron chi connectivity index (χ4n) is 1.49. The molecule has 1 rings (SSSR count). The van der Waals surface area contributed by atoms with Crippen LogP contribution in [-0.4, -0.2) is 30.7 Å². The third-order valence-corrected chi connectivity index (χ3v) is 2.71. The highest BCUT2D eigenvalue weighted by molar-refractivity contribution is 6.38. The minimum absolute atomic E-state index is 0.107. The van der Waals surface area contributed by atoms with Crippen LogP contribution in [0.5, 0.6) is 0 Å². The standard InChI is InChI=1S/C15H18O5/c1-3-20-15(18)14(17)11(2)13(16)10-19-9-12-7-5-4-6-8-12/h4-8,11H,3,9-10H2,1-2H3. The second-order valence-corrected chi connectivity index (χ2v) is 4.25. The lowest BCUT2D eigenvalue weighted by atomic mass is 10.0. The monoisotopic (exact) mass is 278 g/mol. The largest absolute Gasteiger partial charge is 0.460 e. The van der Waals surface area contributed by atoms with Crippen LogP contribution in [-0.2, 0) is 30.5 Å². The van der Waals surface area contributed by atoms with Crippen molar-refractivity contribution < 1.29 is 23.9 Å². The van der Waals surface area contributed by atoms with Gasteiger partial charge in [-0.15, -0.1) is 0 Å². The van der Waals surface area contributed by atoms with Gasteiger partial charge in [-0.2, -0.15) is 0 Å². The molecule has 0 aliphatic rings. The van der Waals surface area contributed by atoms with Crippen molar-refractivity contribution in [3.8, 4) is 0 Å². The number of ketones is 2. The van der Waals surface area contributed by atoms with E-state index in [2.05, 4.69) is 4.74 Å². The van der Waals surface area contributed by atoms with Crippen molar-refractivity contribution in [1.82, 2.24) is 0 Å². The summed E-state index contributed by atoms with van der Waals surface area (Å²) in [6.07, 6.45) is 0. The van der Waals surface area contributed by atoms with E-state index >= 15 is 0 Å². The van der Waals surface area contributed by atoms with Crippen LogP contribution in [0.15, 0.2) is 30.3 Å². The van der Waals surface area contributed by atoms with Gasteiger partial charge in [0.2, 0.25) is 5.78 Å². The van der Waals surface area contributed by atoms with Crippen molar-refractivity contribution in [3.05, 3.63) is 35.9 Å². The van der Waals surface area contributed by atoms with E-state index in [0.29, 0.717) is 0 Å². The molecule has 108 valence electrons. The second kappa shape index (κ2) is 8.22. The van der Waals surface area contributed by atoms with Crippen LogP contribution >= 0.6 is 0 Å². The molecule has 5 nitrogen and oxygen atoms in total. The summed E-state index contributed by atoms with van der Waals surface area (Å²) in [5.41, 5.74) is 0.935. The lowest BCUT2D eigenvalue weighted by Crippen LogP contribution is -2.31.